The molecule has 1 saturated carbocycles. The molecule has 0 unspecified atom stereocenters. The van der Waals surface area contributed by atoms with E-state index in [1.54, 1.807) is 0 Å². The van der Waals surface area contributed by atoms with Gasteiger partial charge in [0.25, 0.3) is 0 Å². The maximum Gasteiger partial charge on any atom is 0.315 e. The Labute approximate surface area is 96.0 Å². The Hall–Kier alpha value is -0.840. The average molecular weight is 229 g/mol. The van der Waals surface area contributed by atoms with Gasteiger partial charge in [0, 0.05) is 19.0 Å². The van der Waals surface area contributed by atoms with Crippen LogP contribution in [0.3, 0.4) is 0 Å². The molecule has 0 aromatic rings. The lowest BCUT2D eigenvalue weighted by Crippen LogP contribution is -2.43. The summed E-state index contributed by atoms with van der Waals surface area (Å²) in [6, 6.07) is 0.252. The van der Waals surface area contributed by atoms with Crippen LogP contribution in [0.15, 0.2) is 0 Å². The third-order valence-electron chi connectivity index (χ3n) is 2.60. The number of nitrogens with one attached hydrogen (secondary N) is 2. The van der Waals surface area contributed by atoms with Crippen molar-refractivity contribution in [3.8, 4) is 0 Å². The molecule has 1 rings (SSSR count). The first-order valence-electron chi connectivity index (χ1n) is 5.51. The Kier molecular flexibility index (Phi) is 5.39. The van der Waals surface area contributed by atoms with Crippen LogP contribution >= 0.6 is 12.2 Å². The van der Waals surface area contributed by atoms with Crippen molar-refractivity contribution in [3.63, 3.8) is 0 Å². The lowest BCUT2D eigenvalue weighted by Gasteiger charge is -2.22. The highest BCUT2D eigenvalue weighted by Crippen LogP contribution is 2.16. The molecule has 4 N–H and O–H groups in total. The van der Waals surface area contributed by atoms with E-state index in [1.807, 2.05) is 0 Å². The highest BCUT2D eigenvalue weighted by atomic mass is 32.1. The Morgan fingerprint density at radius 3 is 2.60 bits per heavy atom. The number of amides is 2. The molecule has 0 aromatic heterocycles. The van der Waals surface area contributed by atoms with Crippen LogP contribution in [-0.4, -0.2) is 23.6 Å². The van der Waals surface area contributed by atoms with Gasteiger partial charge in [-0.2, -0.15) is 0 Å². The zero-order valence-corrected chi connectivity index (χ0v) is 9.74. The number of carbonyl (C=O) groups is 1. The summed E-state index contributed by atoms with van der Waals surface area (Å²) in [4.78, 5) is 11.8. The predicted molar refractivity (Wildman–Crippen MR) is 64.8 cm³/mol. The topological polar surface area (TPSA) is 67.1 Å². The van der Waals surface area contributed by atoms with Crippen molar-refractivity contribution in [1.29, 1.82) is 0 Å². The van der Waals surface area contributed by atoms with Crippen LogP contribution in [0.4, 0.5) is 4.79 Å². The fourth-order valence-corrected chi connectivity index (χ4v) is 1.88. The van der Waals surface area contributed by atoms with Crippen molar-refractivity contribution in [2.75, 3.05) is 6.54 Å². The van der Waals surface area contributed by atoms with E-state index in [0.29, 0.717) is 24.0 Å². The van der Waals surface area contributed by atoms with Crippen molar-refractivity contribution in [3.05, 3.63) is 0 Å². The fraction of sp³-hybridized carbons (Fsp3) is 0.800. The van der Waals surface area contributed by atoms with E-state index in [-0.39, 0.29) is 6.03 Å². The standard InChI is InChI=1S/C10H19N3OS/c11-9(15)6-7-12-10(14)13-8-4-2-1-3-5-8/h8H,1-7H2,(H2,11,15)(H2,12,13,14). The maximum atomic E-state index is 11.4. The van der Waals surface area contributed by atoms with Gasteiger partial charge >= 0.3 is 6.03 Å². The van der Waals surface area contributed by atoms with Crippen molar-refractivity contribution in [2.45, 2.75) is 44.6 Å². The quantitative estimate of drug-likeness (QED) is 0.636. The monoisotopic (exact) mass is 229 g/mol. The molecule has 0 aliphatic heterocycles. The number of nitrogens with two attached hydrogens (primary N) is 1. The minimum absolute atomic E-state index is 0.0989. The van der Waals surface area contributed by atoms with Crippen LogP contribution in [0.1, 0.15) is 38.5 Å². The largest absolute Gasteiger partial charge is 0.393 e. The molecule has 86 valence electrons. The highest BCUT2D eigenvalue weighted by molar-refractivity contribution is 7.80. The molecule has 0 aromatic carbocycles. The molecular weight excluding hydrogens is 210 g/mol. The maximum absolute atomic E-state index is 11.4. The Morgan fingerprint density at radius 1 is 1.33 bits per heavy atom. The SMILES string of the molecule is NC(=S)CCNC(=O)NC1CCCCC1. The minimum atomic E-state index is -0.0989. The fourth-order valence-electron chi connectivity index (χ4n) is 1.78. The molecule has 1 aliphatic rings. The number of urea groups is 1. The number of hydrogen-bond donors (Lipinski definition) is 3. The Bertz CT molecular complexity index is 227. The predicted octanol–water partition coefficient (Wildman–Crippen LogP) is 1.29. The first-order chi connectivity index (χ1) is 7.18. The molecule has 0 bridgehead atoms. The second-order valence-electron chi connectivity index (χ2n) is 3.95. The van der Waals surface area contributed by atoms with Crippen LogP contribution in [0.25, 0.3) is 0 Å². The summed E-state index contributed by atoms with van der Waals surface area (Å²) in [6.07, 6.45) is 6.50. The molecule has 0 atom stereocenters. The van der Waals surface area contributed by atoms with Gasteiger partial charge in [0.1, 0.15) is 0 Å². The normalized spacial score (nSPS) is 17.1. The third kappa shape index (κ3) is 5.57. The van der Waals surface area contributed by atoms with Gasteiger partial charge in [-0.15, -0.1) is 0 Å². The molecule has 1 aliphatic carbocycles. The van der Waals surface area contributed by atoms with E-state index < -0.39 is 0 Å². The second kappa shape index (κ2) is 6.61. The van der Waals surface area contributed by atoms with E-state index in [0.717, 1.165) is 12.8 Å². The van der Waals surface area contributed by atoms with E-state index in [2.05, 4.69) is 10.6 Å². The molecule has 0 heterocycles. The first-order valence-corrected chi connectivity index (χ1v) is 5.92. The number of carbonyl (C=O) groups excluding carboxylic acids is 1. The van der Waals surface area contributed by atoms with Crippen LogP contribution in [0, 0.1) is 0 Å². The molecule has 4 nitrogen and oxygen atoms in total. The molecule has 0 spiro atoms. The lowest BCUT2D eigenvalue weighted by molar-refractivity contribution is 0.233. The van der Waals surface area contributed by atoms with E-state index in [9.17, 15) is 4.79 Å². The summed E-state index contributed by atoms with van der Waals surface area (Å²) in [5, 5.41) is 5.70. The zero-order chi connectivity index (χ0) is 11.1. The Morgan fingerprint density at radius 2 is 2.00 bits per heavy atom. The van der Waals surface area contributed by atoms with Gasteiger partial charge in [0.05, 0.1) is 4.99 Å². The van der Waals surface area contributed by atoms with Gasteiger partial charge in [-0.05, 0) is 12.8 Å². The summed E-state index contributed by atoms with van der Waals surface area (Å²) in [7, 11) is 0. The van der Waals surface area contributed by atoms with Gasteiger partial charge in [-0.1, -0.05) is 31.5 Å². The van der Waals surface area contributed by atoms with Gasteiger partial charge < -0.3 is 16.4 Å². The van der Waals surface area contributed by atoms with Crippen LogP contribution in [0.2, 0.25) is 0 Å². The van der Waals surface area contributed by atoms with E-state index >= 15 is 0 Å². The van der Waals surface area contributed by atoms with Gasteiger partial charge in [0.15, 0.2) is 0 Å². The van der Waals surface area contributed by atoms with Gasteiger partial charge in [0.2, 0.25) is 0 Å². The lowest BCUT2D eigenvalue weighted by atomic mass is 9.96. The summed E-state index contributed by atoms with van der Waals surface area (Å²) in [6.45, 7) is 0.522. The van der Waals surface area contributed by atoms with Gasteiger partial charge in [-0.3, -0.25) is 0 Å². The first kappa shape index (κ1) is 12.2. The van der Waals surface area contributed by atoms with Crippen LogP contribution in [-0.2, 0) is 0 Å². The second-order valence-corrected chi connectivity index (χ2v) is 4.48. The van der Waals surface area contributed by atoms with Gasteiger partial charge in [-0.25, -0.2) is 4.79 Å². The smallest absolute Gasteiger partial charge is 0.315 e. The summed E-state index contributed by atoms with van der Waals surface area (Å²) in [5.41, 5.74) is 5.32. The highest BCUT2D eigenvalue weighted by Gasteiger charge is 2.14. The van der Waals surface area contributed by atoms with Crippen LogP contribution in [0.5, 0.6) is 0 Å². The van der Waals surface area contributed by atoms with Crippen molar-refractivity contribution >= 4 is 23.2 Å². The third-order valence-corrected chi connectivity index (χ3v) is 2.80. The number of thiocarbonyl (C=S) groups is 1. The van der Waals surface area contributed by atoms with E-state index in [4.69, 9.17) is 18.0 Å². The summed E-state index contributed by atoms with van der Waals surface area (Å²) in [5.74, 6) is 0. The molecule has 15 heavy (non-hydrogen) atoms. The zero-order valence-electron chi connectivity index (χ0n) is 8.92. The number of rotatable bonds is 4. The van der Waals surface area contributed by atoms with Crippen molar-refractivity contribution in [2.24, 2.45) is 5.73 Å². The number of hydrogen-bond acceptors (Lipinski definition) is 2. The summed E-state index contributed by atoms with van der Waals surface area (Å²) < 4.78 is 0. The average Bonchev–Trinajstić information content (AvgIpc) is 2.18. The molecule has 2 amide bonds. The minimum Gasteiger partial charge on any atom is -0.393 e. The summed E-state index contributed by atoms with van der Waals surface area (Å²) >= 11 is 4.71. The molecule has 0 radical (unpaired) electrons. The van der Waals surface area contributed by atoms with E-state index in [1.165, 1.54) is 19.3 Å². The molecule has 0 saturated heterocycles. The Balaban J connectivity index is 2.09. The molecule has 1 fully saturated rings. The van der Waals surface area contributed by atoms with Crippen molar-refractivity contribution < 1.29 is 4.79 Å². The van der Waals surface area contributed by atoms with Crippen LogP contribution < -0.4 is 16.4 Å². The molecule has 5 heteroatoms. The van der Waals surface area contributed by atoms with Crippen molar-refractivity contribution in [1.82, 2.24) is 10.6 Å². The molecular formula is C10H19N3OS.